The van der Waals surface area contributed by atoms with Crippen LogP contribution in [0.1, 0.15) is 23.3 Å². The first-order valence-corrected chi connectivity index (χ1v) is 9.97. The molecular formula is C22H21N5O4. The Labute approximate surface area is 178 Å². The summed E-state index contributed by atoms with van der Waals surface area (Å²) >= 11 is 0. The van der Waals surface area contributed by atoms with E-state index in [-0.39, 0.29) is 29.1 Å². The summed E-state index contributed by atoms with van der Waals surface area (Å²) in [6.07, 6.45) is 2.76. The van der Waals surface area contributed by atoms with E-state index in [9.17, 15) is 19.7 Å². The summed E-state index contributed by atoms with van der Waals surface area (Å²) in [5.41, 5.74) is 1.48. The molecule has 1 aliphatic heterocycles. The van der Waals surface area contributed by atoms with Crippen LogP contribution in [0.4, 0.5) is 11.4 Å². The lowest BCUT2D eigenvalue weighted by atomic mass is 9.95. The second kappa shape index (κ2) is 8.78. The number of likely N-dealkylation sites (tertiary alicyclic amines) is 1. The number of carbonyl (C=O) groups excluding carboxylic acids is 2. The Morgan fingerprint density at radius 3 is 2.48 bits per heavy atom. The topological polar surface area (TPSA) is 110 Å². The Hall–Kier alpha value is -4.01. The fourth-order valence-corrected chi connectivity index (χ4v) is 3.60. The first-order valence-electron chi connectivity index (χ1n) is 9.97. The molecule has 4 rings (SSSR count). The highest BCUT2D eigenvalue weighted by Gasteiger charge is 2.28. The molecule has 31 heavy (non-hydrogen) atoms. The van der Waals surface area contributed by atoms with Gasteiger partial charge in [0.2, 0.25) is 5.91 Å². The average Bonchev–Trinajstić information content (AvgIpc) is 3.30. The number of hydrogen-bond donors (Lipinski definition) is 1. The van der Waals surface area contributed by atoms with Crippen LogP contribution in [0.5, 0.6) is 0 Å². The molecule has 2 aromatic carbocycles. The molecule has 9 heteroatoms. The molecule has 0 unspecified atom stereocenters. The average molecular weight is 419 g/mol. The number of benzene rings is 2. The first kappa shape index (κ1) is 20.3. The van der Waals surface area contributed by atoms with Crippen molar-refractivity contribution in [2.45, 2.75) is 12.8 Å². The minimum Gasteiger partial charge on any atom is -0.337 e. The zero-order valence-corrected chi connectivity index (χ0v) is 16.7. The number of anilines is 1. The smallest absolute Gasteiger partial charge is 0.274 e. The van der Waals surface area contributed by atoms with Gasteiger partial charge < -0.3 is 10.2 Å². The SMILES string of the molecule is O=C(Nc1ccccc1)C1CCN(C(=O)c2ccn(-c3cccc([N+](=O)[O-])c3)n2)CC1. The van der Waals surface area contributed by atoms with Crippen LogP contribution < -0.4 is 5.32 Å². The Bertz CT molecular complexity index is 1100. The number of amides is 2. The highest BCUT2D eigenvalue weighted by molar-refractivity contribution is 5.94. The van der Waals surface area contributed by atoms with E-state index in [1.54, 1.807) is 29.3 Å². The number of aromatic nitrogens is 2. The van der Waals surface area contributed by atoms with Crippen molar-refractivity contribution in [2.75, 3.05) is 18.4 Å². The second-order valence-corrected chi connectivity index (χ2v) is 7.34. The van der Waals surface area contributed by atoms with Gasteiger partial charge >= 0.3 is 0 Å². The van der Waals surface area contributed by atoms with Gasteiger partial charge in [0.1, 0.15) is 0 Å². The zero-order chi connectivity index (χ0) is 21.8. The van der Waals surface area contributed by atoms with Crippen LogP contribution >= 0.6 is 0 Å². The van der Waals surface area contributed by atoms with E-state index < -0.39 is 4.92 Å². The summed E-state index contributed by atoms with van der Waals surface area (Å²) in [5.74, 6) is -0.397. The van der Waals surface area contributed by atoms with Crippen LogP contribution in [-0.2, 0) is 4.79 Å². The lowest BCUT2D eigenvalue weighted by Crippen LogP contribution is -2.41. The van der Waals surface area contributed by atoms with E-state index >= 15 is 0 Å². The molecule has 3 aromatic rings. The number of hydrogen-bond acceptors (Lipinski definition) is 5. The van der Waals surface area contributed by atoms with E-state index in [2.05, 4.69) is 10.4 Å². The lowest BCUT2D eigenvalue weighted by Gasteiger charge is -2.30. The number of nitro groups is 1. The molecule has 0 bridgehead atoms. The molecule has 0 spiro atoms. The molecule has 9 nitrogen and oxygen atoms in total. The fourth-order valence-electron chi connectivity index (χ4n) is 3.60. The normalized spacial score (nSPS) is 14.3. The predicted octanol–water partition coefficient (Wildman–Crippen LogP) is 3.27. The molecule has 0 atom stereocenters. The molecule has 0 aliphatic carbocycles. The van der Waals surface area contributed by atoms with Gasteiger partial charge in [-0.25, -0.2) is 4.68 Å². The van der Waals surface area contributed by atoms with Gasteiger partial charge in [0.25, 0.3) is 11.6 Å². The van der Waals surface area contributed by atoms with Crippen LogP contribution in [-0.4, -0.2) is 44.5 Å². The largest absolute Gasteiger partial charge is 0.337 e. The Morgan fingerprint density at radius 1 is 1.03 bits per heavy atom. The molecule has 1 aromatic heterocycles. The third kappa shape index (κ3) is 4.61. The molecule has 1 fully saturated rings. The first-order chi connectivity index (χ1) is 15.0. The maximum Gasteiger partial charge on any atom is 0.274 e. The molecule has 2 heterocycles. The summed E-state index contributed by atoms with van der Waals surface area (Å²) in [6, 6.07) is 17.0. The van der Waals surface area contributed by atoms with Crippen LogP contribution in [0, 0.1) is 16.0 Å². The highest BCUT2D eigenvalue weighted by atomic mass is 16.6. The molecule has 0 radical (unpaired) electrons. The molecule has 1 N–H and O–H groups in total. The number of rotatable bonds is 5. The van der Waals surface area contributed by atoms with Gasteiger partial charge in [-0.05, 0) is 37.1 Å². The Morgan fingerprint density at radius 2 is 1.77 bits per heavy atom. The van der Waals surface area contributed by atoms with Crippen molar-refractivity contribution in [3.8, 4) is 5.69 Å². The van der Waals surface area contributed by atoms with Gasteiger partial charge in [0, 0.05) is 43.0 Å². The molecule has 158 valence electrons. The van der Waals surface area contributed by atoms with Crippen molar-refractivity contribution in [1.82, 2.24) is 14.7 Å². The van der Waals surface area contributed by atoms with Crippen molar-refractivity contribution in [3.05, 3.63) is 82.7 Å². The van der Waals surface area contributed by atoms with Crippen molar-refractivity contribution in [1.29, 1.82) is 0 Å². The standard InChI is InChI=1S/C22H21N5O4/c28-21(23-17-5-2-1-3-6-17)16-9-12-25(13-10-16)22(29)20-11-14-26(24-20)18-7-4-8-19(15-18)27(30)31/h1-8,11,14-16H,9-10,12-13H2,(H,23,28). The number of non-ortho nitro benzene ring substituents is 1. The van der Waals surface area contributed by atoms with Gasteiger partial charge in [-0.1, -0.05) is 24.3 Å². The van der Waals surface area contributed by atoms with Gasteiger partial charge in [-0.3, -0.25) is 19.7 Å². The quantitative estimate of drug-likeness (QED) is 0.504. The van der Waals surface area contributed by atoms with E-state index in [0.717, 1.165) is 5.69 Å². The zero-order valence-electron chi connectivity index (χ0n) is 16.7. The Balaban J connectivity index is 1.36. The number of nitrogens with one attached hydrogen (secondary N) is 1. The van der Waals surface area contributed by atoms with E-state index in [0.29, 0.717) is 31.6 Å². The van der Waals surface area contributed by atoms with Gasteiger partial charge in [0.15, 0.2) is 5.69 Å². The maximum absolute atomic E-state index is 12.8. The van der Waals surface area contributed by atoms with Crippen LogP contribution in [0.25, 0.3) is 5.69 Å². The summed E-state index contributed by atoms with van der Waals surface area (Å²) in [5, 5.41) is 18.2. The fraction of sp³-hybridized carbons (Fsp3) is 0.227. The summed E-state index contributed by atoms with van der Waals surface area (Å²) in [4.78, 5) is 37.5. The number of nitrogens with zero attached hydrogens (tertiary/aromatic N) is 4. The summed E-state index contributed by atoms with van der Waals surface area (Å²) in [6.45, 7) is 0.935. The minimum atomic E-state index is -0.475. The third-order valence-corrected chi connectivity index (χ3v) is 5.31. The minimum absolute atomic E-state index is 0.0340. The molecular weight excluding hydrogens is 398 g/mol. The third-order valence-electron chi connectivity index (χ3n) is 5.31. The van der Waals surface area contributed by atoms with E-state index in [4.69, 9.17) is 0 Å². The predicted molar refractivity (Wildman–Crippen MR) is 114 cm³/mol. The van der Waals surface area contributed by atoms with Gasteiger partial charge in [0.05, 0.1) is 10.6 Å². The molecule has 2 amide bonds. The van der Waals surface area contributed by atoms with Crippen LogP contribution in [0.3, 0.4) is 0 Å². The van der Waals surface area contributed by atoms with Gasteiger partial charge in [-0.2, -0.15) is 5.10 Å². The van der Waals surface area contributed by atoms with Crippen molar-refractivity contribution >= 4 is 23.2 Å². The maximum atomic E-state index is 12.8. The lowest BCUT2D eigenvalue weighted by molar-refractivity contribution is -0.384. The summed E-state index contributed by atoms with van der Waals surface area (Å²) < 4.78 is 1.44. The van der Waals surface area contributed by atoms with Crippen molar-refractivity contribution in [2.24, 2.45) is 5.92 Å². The summed E-state index contributed by atoms with van der Waals surface area (Å²) in [7, 11) is 0. The number of para-hydroxylation sites is 1. The van der Waals surface area contributed by atoms with Crippen molar-refractivity contribution in [3.63, 3.8) is 0 Å². The number of carbonyl (C=O) groups is 2. The van der Waals surface area contributed by atoms with Crippen LogP contribution in [0.15, 0.2) is 66.9 Å². The van der Waals surface area contributed by atoms with E-state index in [1.165, 1.54) is 16.8 Å². The second-order valence-electron chi connectivity index (χ2n) is 7.34. The number of piperidine rings is 1. The highest BCUT2D eigenvalue weighted by Crippen LogP contribution is 2.21. The molecule has 1 saturated heterocycles. The molecule has 0 saturated carbocycles. The Kier molecular flexibility index (Phi) is 5.74. The molecule has 1 aliphatic rings. The van der Waals surface area contributed by atoms with Gasteiger partial charge in [-0.15, -0.1) is 0 Å². The number of nitro benzene ring substituents is 1. The monoisotopic (exact) mass is 419 g/mol. The van der Waals surface area contributed by atoms with Crippen molar-refractivity contribution < 1.29 is 14.5 Å². The van der Waals surface area contributed by atoms with E-state index in [1.807, 2.05) is 30.3 Å². The van der Waals surface area contributed by atoms with Crippen LogP contribution in [0.2, 0.25) is 0 Å².